The molecule has 0 aliphatic heterocycles. The molecule has 0 bridgehead atoms. The number of aliphatic hydroxyl groups is 1. The van der Waals surface area contributed by atoms with Crippen LogP contribution in [0.5, 0.6) is 0 Å². The summed E-state index contributed by atoms with van der Waals surface area (Å²) in [5, 5.41) is 9.24. The first-order valence-corrected chi connectivity index (χ1v) is 4.72. The molecule has 0 saturated heterocycles. The van der Waals surface area contributed by atoms with Crippen LogP contribution in [0, 0.1) is 0 Å². The van der Waals surface area contributed by atoms with Crippen molar-refractivity contribution in [1.29, 1.82) is 0 Å². The van der Waals surface area contributed by atoms with E-state index in [2.05, 4.69) is 16.1 Å². The van der Waals surface area contributed by atoms with Crippen LogP contribution >= 0.6 is 0 Å². The van der Waals surface area contributed by atoms with Gasteiger partial charge in [0.2, 0.25) is 0 Å². The highest BCUT2D eigenvalue weighted by Gasteiger charge is 2.49. The summed E-state index contributed by atoms with van der Waals surface area (Å²) < 4.78 is 35.4. The van der Waals surface area contributed by atoms with Gasteiger partial charge in [-0.1, -0.05) is 13.5 Å². The molecule has 94 valence electrons. The van der Waals surface area contributed by atoms with Gasteiger partial charge in [-0.2, -0.15) is 8.78 Å². The van der Waals surface area contributed by atoms with Gasteiger partial charge in [-0.3, -0.25) is 0 Å². The van der Waals surface area contributed by atoms with Crippen molar-refractivity contribution in [3.8, 4) is 0 Å². The Hall–Kier alpha value is -1.01. The maximum Gasteiger partial charge on any atom is 0.379 e. The average Bonchev–Trinajstić information content (AvgIpc) is 2.23. The lowest BCUT2D eigenvalue weighted by Gasteiger charge is -2.26. The summed E-state index contributed by atoms with van der Waals surface area (Å²) in [6.07, 6.45) is -3.42. The van der Waals surface area contributed by atoms with E-state index in [1.165, 1.54) is 13.8 Å². The number of carbonyl (C=O) groups is 1. The number of alkyl halides is 2. The van der Waals surface area contributed by atoms with E-state index in [4.69, 9.17) is 0 Å². The number of halogens is 2. The van der Waals surface area contributed by atoms with Crippen molar-refractivity contribution in [2.45, 2.75) is 38.6 Å². The standard InChI is InChI=1S/C10H16F2O4/c1-5-7(16-8(13)6(2)3)10(11,12)9(14)15-4/h7-8,13H,2,5H2,1,3-4H3. The third-order valence-corrected chi connectivity index (χ3v) is 1.95. The van der Waals surface area contributed by atoms with Gasteiger partial charge in [0.1, 0.15) is 6.10 Å². The summed E-state index contributed by atoms with van der Waals surface area (Å²) in [4.78, 5) is 10.8. The molecule has 0 aliphatic rings. The second kappa shape index (κ2) is 5.91. The molecule has 0 saturated carbocycles. The highest BCUT2D eigenvalue weighted by atomic mass is 19.3. The van der Waals surface area contributed by atoms with Gasteiger partial charge < -0.3 is 14.6 Å². The third-order valence-electron chi connectivity index (χ3n) is 1.95. The minimum absolute atomic E-state index is 0.146. The summed E-state index contributed by atoms with van der Waals surface area (Å²) in [6, 6.07) is 0. The number of rotatable bonds is 6. The van der Waals surface area contributed by atoms with Gasteiger partial charge in [0, 0.05) is 0 Å². The molecule has 0 aromatic heterocycles. The van der Waals surface area contributed by atoms with E-state index in [9.17, 15) is 18.7 Å². The quantitative estimate of drug-likeness (QED) is 0.432. The smallest absolute Gasteiger partial charge is 0.379 e. The van der Waals surface area contributed by atoms with Crippen LogP contribution in [0.1, 0.15) is 20.3 Å². The van der Waals surface area contributed by atoms with Gasteiger partial charge in [-0.25, -0.2) is 4.79 Å². The molecule has 0 aromatic carbocycles. The van der Waals surface area contributed by atoms with Crippen molar-refractivity contribution in [2.75, 3.05) is 7.11 Å². The Labute approximate surface area is 92.8 Å². The highest BCUT2D eigenvalue weighted by molar-refractivity contribution is 5.78. The summed E-state index contributed by atoms with van der Waals surface area (Å²) in [5.74, 6) is -5.48. The Morgan fingerprint density at radius 1 is 1.56 bits per heavy atom. The fourth-order valence-corrected chi connectivity index (χ4v) is 0.977. The molecule has 4 nitrogen and oxygen atoms in total. The number of methoxy groups -OCH3 is 1. The molecule has 0 aliphatic carbocycles. The minimum atomic E-state index is -3.79. The largest absolute Gasteiger partial charge is 0.465 e. The van der Waals surface area contributed by atoms with Gasteiger partial charge in [0.25, 0.3) is 0 Å². The second-order valence-corrected chi connectivity index (χ2v) is 3.35. The van der Waals surface area contributed by atoms with Crippen molar-refractivity contribution in [3.63, 3.8) is 0 Å². The number of carbonyl (C=O) groups excluding carboxylic acids is 1. The van der Waals surface area contributed by atoms with Crippen LogP contribution in [-0.2, 0) is 14.3 Å². The predicted molar refractivity (Wildman–Crippen MR) is 52.9 cm³/mol. The normalized spacial score (nSPS) is 15.4. The van der Waals surface area contributed by atoms with Crippen LogP contribution in [0.4, 0.5) is 8.78 Å². The van der Waals surface area contributed by atoms with Gasteiger partial charge in [0.15, 0.2) is 6.29 Å². The van der Waals surface area contributed by atoms with E-state index in [1.54, 1.807) is 0 Å². The number of aliphatic hydroxyl groups excluding tert-OH is 1. The molecule has 0 radical (unpaired) electrons. The molecule has 2 unspecified atom stereocenters. The first kappa shape index (κ1) is 15.0. The Morgan fingerprint density at radius 3 is 2.38 bits per heavy atom. The molecule has 0 spiro atoms. The third kappa shape index (κ3) is 3.53. The van der Waals surface area contributed by atoms with E-state index in [-0.39, 0.29) is 12.0 Å². The van der Waals surface area contributed by atoms with Gasteiger partial charge in [0.05, 0.1) is 7.11 Å². The maximum atomic E-state index is 13.4. The van der Waals surface area contributed by atoms with Crippen LogP contribution in [0.15, 0.2) is 12.2 Å². The monoisotopic (exact) mass is 238 g/mol. The van der Waals surface area contributed by atoms with Gasteiger partial charge in [-0.05, 0) is 18.9 Å². The van der Waals surface area contributed by atoms with Crippen LogP contribution in [0.25, 0.3) is 0 Å². The van der Waals surface area contributed by atoms with Crippen LogP contribution in [0.3, 0.4) is 0 Å². The van der Waals surface area contributed by atoms with Crippen molar-refractivity contribution in [1.82, 2.24) is 0 Å². The molecule has 1 N–H and O–H groups in total. The molecule has 0 aromatic rings. The SMILES string of the molecule is C=C(C)C(O)OC(CC)C(F)(F)C(=O)OC. The van der Waals surface area contributed by atoms with Crippen LogP contribution in [-0.4, -0.2) is 36.5 Å². The lowest BCUT2D eigenvalue weighted by Crippen LogP contribution is -2.45. The topological polar surface area (TPSA) is 55.8 Å². The summed E-state index contributed by atoms with van der Waals surface area (Å²) in [6.45, 7) is 6.19. The maximum absolute atomic E-state index is 13.4. The Morgan fingerprint density at radius 2 is 2.06 bits per heavy atom. The summed E-state index contributed by atoms with van der Waals surface area (Å²) >= 11 is 0. The zero-order valence-corrected chi connectivity index (χ0v) is 9.50. The van der Waals surface area contributed by atoms with Crippen molar-refractivity contribution in [2.24, 2.45) is 0 Å². The van der Waals surface area contributed by atoms with E-state index in [0.29, 0.717) is 0 Å². The number of ether oxygens (including phenoxy) is 2. The number of esters is 1. The molecule has 16 heavy (non-hydrogen) atoms. The first-order valence-electron chi connectivity index (χ1n) is 4.72. The molecule has 0 amide bonds. The van der Waals surface area contributed by atoms with E-state index >= 15 is 0 Å². The molecule has 0 heterocycles. The predicted octanol–water partition coefficient (Wildman–Crippen LogP) is 1.48. The van der Waals surface area contributed by atoms with Crippen LogP contribution < -0.4 is 0 Å². The van der Waals surface area contributed by atoms with Crippen LogP contribution in [0.2, 0.25) is 0 Å². The van der Waals surface area contributed by atoms with Crippen molar-refractivity contribution in [3.05, 3.63) is 12.2 Å². The van der Waals surface area contributed by atoms with Crippen molar-refractivity contribution < 1.29 is 28.2 Å². The Kier molecular flexibility index (Phi) is 5.53. The lowest BCUT2D eigenvalue weighted by atomic mass is 10.1. The molecular formula is C10H16F2O4. The number of hydrogen-bond donors (Lipinski definition) is 1. The Bertz CT molecular complexity index is 266. The van der Waals surface area contributed by atoms with E-state index in [0.717, 1.165) is 7.11 Å². The molecule has 2 atom stereocenters. The first-order chi connectivity index (χ1) is 7.27. The average molecular weight is 238 g/mol. The zero-order valence-electron chi connectivity index (χ0n) is 9.50. The molecule has 0 rings (SSSR count). The Balaban J connectivity index is 4.72. The summed E-state index contributed by atoms with van der Waals surface area (Å²) in [7, 11) is 0.859. The van der Waals surface area contributed by atoms with E-state index in [1.807, 2.05) is 0 Å². The lowest BCUT2D eigenvalue weighted by molar-refractivity contribution is -0.216. The molecule has 0 fully saturated rings. The number of hydrogen-bond acceptors (Lipinski definition) is 4. The van der Waals surface area contributed by atoms with E-state index < -0.39 is 24.3 Å². The zero-order chi connectivity index (χ0) is 12.9. The van der Waals surface area contributed by atoms with Gasteiger partial charge in [-0.15, -0.1) is 0 Å². The molecular weight excluding hydrogens is 222 g/mol. The highest BCUT2D eigenvalue weighted by Crippen LogP contribution is 2.26. The minimum Gasteiger partial charge on any atom is -0.465 e. The fourth-order valence-electron chi connectivity index (χ4n) is 0.977. The second-order valence-electron chi connectivity index (χ2n) is 3.35. The van der Waals surface area contributed by atoms with Gasteiger partial charge >= 0.3 is 11.9 Å². The fraction of sp³-hybridized carbons (Fsp3) is 0.700. The summed E-state index contributed by atoms with van der Waals surface area (Å²) in [5.41, 5.74) is 0.180. The van der Waals surface area contributed by atoms with Crippen molar-refractivity contribution >= 4 is 5.97 Å². The molecule has 6 heteroatoms.